The Balaban J connectivity index is 2.71. The maximum atomic E-state index is 10.6. The number of rotatable bonds is 4. The molecule has 0 fully saturated rings. The average molecular weight is 230 g/mol. The predicted molar refractivity (Wildman–Crippen MR) is 58.4 cm³/mol. The van der Waals surface area contributed by atoms with Gasteiger partial charge >= 0.3 is 0 Å². The number of amides is 1. The van der Waals surface area contributed by atoms with Crippen molar-refractivity contribution >= 4 is 29.3 Å². The zero-order valence-electron chi connectivity index (χ0n) is 8.20. The highest BCUT2D eigenvalue weighted by Crippen LogP contribution is 2.19. The van der Waals surface area contributed by atoms with Crippen molar-refractivity contribution in [3.05, 3.63) is 11.2 Å². The van der Waals surface area contributed by atoms with Crippen LogP contribution < -0.4 is 16.8 Å². The topological polar surface area (TPSA) is 107 Å². The SMILES string of the molecule is CC(CC(N)=O)Nc1nc(N)ncc1Cl. The average Bonchev–Trinajstić information content (AvgIpc) is 2.10. The number of carbonyl (C=O) groups excluding carboxylic acids is 1. The molecule has 0 saturated carbocycles. The van der Waals surface area contributed by atoms with Gasteiger partial charge in [-0.05, 0) is 6.92 Å². The fourth-order valence-corrected chi connectivity index (χ4v) is 1.21. The number of nitrogens with two attached hydrogens (primary N) is 2. The molecule has 0 aromatic carbocycles. The standard InChI is InChI=1S/C8H12ClN5O/c1-4(2-6(10)15)13-7-5(9)3-12-8(11)14-7/h3-4H,2H2,1H3,(H2,10,15)(H3,11,12,13,14). The van der Waals surface area contributed by atoms with Crippen LogP contribution in [0.5, 0.6) is 0 Å². The van der Waals surface area contributed by atoms with E-state index in [1.54, 1.807) is 6.92 Å². The molecule has 15 heavy (non-hydrogen) atoms. The summed E-state index contributed by atoms with van der Waals surface area (Å²) in [7, 11) is 0. The minimum atomic E-state index is -0.395. The Morgan fingerprint density at radius 1 is 1.73 bits per heavy atom. The predicted octanol–water partition coefficient (Wildman–Crippen LogP) is 0.388. The summed E-state index contributed by atoms with van der Waals surface area (Å²) >= 11 is 5.82. The van der Waals surface area contributed by atoms with Crippen LogP contribution in [0.4, 0.5) is 11.8 Å². The molecule has 0 spiro atoms. The Morgan fingerprint density at radius 2 is 2.40 bits per heavy atom. The van der Waals surface area contributed by atoms with Crippen molar-refractivity contribution in [1.29, 1.82) is 0 Å². The highest BCUT2D eigenvalue weighted by molar-refractivity contribution is 6.32. The van der Waals surface area contributed by atoms with Crippen LogP contribution in [0.1, 0.15) is 13.3 Å². The highest BCUT2D eigenvalue weighted by atomic mass is 35.5. The third-order valence-electron chi connectivity index (χ3n) is 1.65. The lowest BCUT2D eigenvalue weighted by molar-refractivity contribution is -0.118. The van der Waals surface area contributed by atoms with Gasteiger partial charge in [-0.2, -0.15) is 4.98 Å². The van der Waals surface area contributed by atoms with Crippen LogP contribution in [0.25, 0.3) is 0 Å². The first-order valence-corrected chi connectivity index (χ1v) is 4.69. The number of nitrogen functional groups attached to an aromatic ring is 1. The normalized spacial score (nSPS) is 12.1. The molecular formula is C8H12ClN5O. The number of carbonyl (C=O) groups is 1. The van der Waals surface area contributed by atoms with E-state index in [4.69, 9.17) is 23.1 Å². The van der Waals surface area contributed by atoms with E-state index in [1.807, 2.05) is 0 Å². The summed E-state index contributed by atoms with van der Waals surface area (Å²) in [4.78, 5) is 18.2. The molecule has 7 heteroatoms. The first-order valence-electron chi connectivity index (χ1n) is 4.32. The Labute approximate surface area is 92.0 Å². The molecule has 0 bridgehead atoms. The first kappa shape index (κ1) is 11.5. The fourth-order valence-electron chi connectivity index (χ4n) is 1.07. The van der Waals surface area contributed by atoms with Crippen LogP contribution in [0.15, 0.2) is 6.20 Å². The largest absolute Gasteiger partial charge is 0.370 e. The molecule has 1 heterocycles. The van der Waals surface area contributed by atoms with Gasteiger partial charge in [0.2, 0.25) is 11.9 Å². The summed E-state index contributed by atoms with van der Waals surface area (Å²) in [5, 5.41) is 3.27. The summed E-state index contributed by atoms with van der Waals surface area (Å²) in [6, 6.07) is -0.158. The van der Waals surface area contributed by atoms with E-state index >= 15 is 0 Å². The van der Waals surface area contributed by atoms with Crippen molar-refractivity contribution in [1.82, 2.24) is 9.97 Å². The third kappa shape index (κ3) is 3.59. The zero-order valence-corrected chi connectivity index (χ0v) is 8.95. The summed E-state index contributed by atoms with van der Waals surface area (Å²) < 4.78 is 0. The third-order valence-corrected chi connectivity index (χ3v) is 1.93. The lowest BCUT2D eigenvalue weighted by Gasteiger charge is -2.13. The summed E-state index contributed by atoms with van der Waals surface area (Å²) in [6.07, 6.45) is 1.59. The number of anilines is 2. The van der Waals surface area contributed by atoms with Crippen molar-refractivity contribution < 1.29 is 4.79 Å². The smallest absolute Gasteiger partial charge is 0.222 e. The van der Waals surface area contributed by atoms with Crippen molar-refractivity contribution in [2.24, 2.45) is 5.73 Å². The second kappa shape index (κ2) is 4.79. The molecule has 0 saturated heterocycles. The second-order valence-corrected chi connectivity index (χ2v) is 3.55. The minimum absolute atomic E-state index is 0.119. The summed E-state index contributed by atoms with van der Waals surface area (Å²) in [6.45, 7) is 1.79. The van der Waals surface area contributed by atoms with Crippen LogP contribution in [-0.4, -0.2) is 21.9 Å². The van der Waals surface area contributed by atoms with Crippen LogP contribution in [0, 0.1) is 0 Å². The van der Waals surface area contributed by atoms with E-state index in [0.717, 1.165) is 0 Å². The van der Waals surface area contributed by atoms with Gasteiger partial charge in [0, 0.05) is 12.5 Å². The van der Waals surface area contributed by atoms with E-state index < -0.39 is 5.91 Å². The van der Waals surface area contributed by atoms with Crippen LogP contribution in [-0.2, 0) is 4.79 Å². The molecule has 5 N–H and O–H groups in total. The molecule has 1 rings (SSSR count). The monoisotopic (exact) mass is 229 g/mol. The molecule has 1 atom stereocenters. The van der Waals surface area contributed by atoms with Crippen molar-refractivity contribution in [2.45, 2.75) is 19.4 Å². The van der Waals surface area contributed by atoms with Gasteiger partial charge in [-0.25, -0.2) is 4.98 Å². The molecule has 1 aromatic heterocycles. The zero-order chi connectivity index (χ0) is 11.4. The Kier molecular flexibility index (Phi) is 3.68. The van der Waals surface area contributed by atoms with Gasteiger partial charge in [0.05, 0.1) is 6.20 Å². The molecule has 0 aliphatic rings. The van der Waals surface area contributed by atoms with E-state index in [9.17, 15) is 4.79 Å². The van der Waals surface area contributed by atoms with Gasteiger partial charge in [0.1, 0.15) is 5.02 Å². The van der Waals surface area contributed by atoms with Crippen LogP contribution in [0.3, 0.4) is 0 Å². The summed E-state index contributed by atoms with van der Waals surface area (Å²) in [5.41, 5.74) is 10.4. The number of hydrogen-bond donors (Lipinski definition) is 3. The van der Waals surface area contributed by atoms with Gasteiger partial charge in [0.25, 0.3) is 0 Å². The number of halogens is 1. The molecule has 82 valence electrons. The lowest BCUT2D eigenvalue weighted by Crippen LogP contribution is -2.24. The molecule has 0 radical (unpaired) electrons. The van der Waals surface area contributed by atoms with E-state index in [0.29, 0.717) is 10.8 Å². The van der Waals surface area contributed by atoms with Gasteiger partial charge in [-0.1, -0.05) is 11.6 Å². The van der Waals surface area contributed by atoms with Gasteiger partial charge in [0.15, 0.2) is 5.82 Å². The Bertz CT molecular complexity index is 370. The maximum Gasteiger partial charge on any atom is 0.222 e. The molecule has 0 aliphatic carbocycles. The minimum Gasteiger partial charge on any atom is -0.370 e. The molecule has 1 unspecified atom stereocenters. The van der Waals surface area contributed by atoms with Crippen molar-refractivity contribution in [3.8, 4) is 0 Å². The van der Waals surface area contributed by atoms with Crippen molar-refractivity contribution in [2.75, 3.05) is 11.1 Å². The lowest BCUT2D eigenvalue weighted by atomic mass is 10.2. The fraction of sp³-hybridized carbons (Fsp3) is 0.375. The van der Waals surface area contributed by atoms with E-state index in [-0.39, 0.29) is 18.4 Å². The molecule has 1 amide bonds. The Hall–Kier alpha value is -1.56. The number of nitrogens with zero attached hydrogens (tertiary/aromatic N) is 2. The number of hydrogen-bond acceptors (Lipinski definition) is 5. The van der Waals surface area contributed by atoms with Gasteiger partial charge in [-0.15, -0.1) is 0 Å². The summed E-state index contributed by atoms with van der Waals surface area (Å²) in [5.74, 6) is 0.124. The van der Waals surface area contributed by atoms with E-state index in [2.05, 4.69) is 15.3 Å². The van der Waals surface area contributed by atoms with E-state index in [1.165, 1.54) is 6.20 Å². The molecular weight excluding hydrogens is 218 g/mol. The van der Waals surface area contributed by atoms with Crippen LogP contribution in [0.2, 0.25) is 5.02 Å². The van der Waals surface area contributed by atoms with Crippen molar-refractivity contribution in [3.63, 3.8) is 0 Å². The number of nitrogens with one attached hydrogen (secondary N) is 1. The maximum absolute atomic E-state index is 10.6. The Morgan fingerprint density at radius 3 is 3.00 bits per heavy atom. The van der Waals surface area contributed by atoms with Gasteiger partial charge < -0.3 is 16.8 Å². The number of primary amides is 1. The quantitative estimate of drug-likeness (QED) is 0.692. The molecule has 6 nitrogen and oxygen atoms in total. The molecule has 0 aliphatic heterocycles. The number of aromatic nitrogens is 2. The highest BCUT2D eigenvalue weighted by Gasteiger charge is 2.09. The first-order chi connectivity index (χ1) is 6.99. The van der Waals surface area contributed by atoms with Gasteiger partial charge in [-0.3, -0.25) is 4.79 Å². The van der Waals surface area contributed by atoms with Crippen LogP contribution >= 0.6 is 11.6 Å². The second-order valence-electron chi connectivity index (χ2n) is 3.14. The molecule has 1 aromatic rings.